The fourth-order valence-corrected chi connectivity index (χ4v) is 2.01. The third kappa shape index (κ3) is 3.27. The Labute approximate surface area is 119 Å². The first-order valence-electron chi connectivity index (χ1n) is 6.68. The van der Waals surface area contributed by atoms with Gasteiger partial charge < -0.3 is 15.2 Å². The summed E-state index contributed by atoms with van der Waals surface area (Å²) < 4.78 is 11.2. The monoisotopic (exact) mass is 272 g/mol. The van der Waals surface area contributed by atoms with Crippen molar-refractivity contribution >= 4 is 0 Å². The van der Waals surface area contributed by atoms with Crippen LogP contribution in [0.2, 0.25) is 0 Å². The number of methoxy groups -OCH3 is 1. The van der Waals surface area contributed by atoms with Crippen LogP contribution in [0.3, 0.4) is 0 Å². The zero-order chi connectivity index (χ0) is 14.5. The number of benzene rings is 1. The van der Waals surface area contributed by atoms with Crippen molar-refractivity contribution in [3.8, 4) is 17.4 Å². The zero-order valence-corrected chi connectivity index (χ0v) is 12.1. The highest BCUT2D eigenvalue weighted by Gasteiger charge is 2.08. The van der Waals surface area contributed by atoms with Crippen molar-refractivity contribution < 1.29 is 9.47 Å². The Morgan fingerprint density at radius 3 is 2.55 bits per heavy atom. The maximum absolute atomic E-state index is 5.83. The Kier molecular flexibility index (Phi) is 4.58. The van der Waals surface area contributed by atoms with Crippen LogP contribution in [0.4, 0.5) is 0 Å². The quantitative estimate of drug-likeness (QED) is 0.908. The van der Waals surface area contributed by atoms with E-state index in [1.165, 1.54) is 5.56 Å². The molecular formula is C16H20N2O2. The standard InChI is InChI=1S/C16H20N2O2/c1-4-12-5-6-14(15(8-12)19-3)20-16-9-13(10-17)7-11(2)18-16/h5-9H,4,10,17H2,1-3H3. The normalized spacial score (nSPS) is 10.4. The third-order valence-electron chi connectivity index (χ3n) is 3.08. The molecule has 0 unspecified atom stereocenters. The predicted molar refractivity (Wildman–Crippen MR) is 79.3 cm³/mol. The third-order valence-corrected chi connectivity index (χ3v) is 3.08. The smallest absolute Gasteiger partial charge is 0.219 e. The molecule has 0 atom stereocenters. The number of aromatic nitrogens is 1. The van der Waals surface area contributed by atoms with E-state index >= 15 is 0 Å². The molecule has 2 aromatic rings. The van der Waals surface area contributed by atoms with Crippen molar-refractivity contribution in [2.75, 3.05) is 7.11 Å². The summed E-state index contributed by atoms with van der Waals surface area (Å²) >= 11 is 0. The number of nitrogens with zero attached hydrogens (tertiary/aromatic N) is 1. The van der Waals surface area contributed by atoms with Crippen LogP contribution >= 0.6 is 0 Å². The van der Waals surface area contributed by atoms with E-state index in [4.69, 9.17) is 15.2 Å². The maximum Gasteiger partial charge on any atom is 0.219 e. The topological polar surface area (TPSA) is 57.4 Å². The van der Waals surface area contributed by atoms with Gasteiger partial charge in [-0.15, -0.1) is 0 Å². The van der Waals surface area contributed by atoms with Gasteiger partial charge in [0.2, 0.25) is 5.88 Å². The van der Waals surface area contributed by atoms with Gasteiger partial charge in [-0.05, 0) is 42.7 Å². The lowest BCUT2D eigenvalue weighted by molar-refractivity contribution is 0.373. The first-order valence-corrected chi connectivity index (χ1v) is 6.68. The van der Waals surface area contributed by atoms with E-state index in [-0.39, 0.29) is 0 Å². The number of aryl methyl sites for hydroxylation is 2. The molecule has 1 aromatic heterocycles. The van der Waals surface area contributed by atoms with Gasteiger partial charge in [0.1, 0.15) is 0 Å². The molecule has 0 aliphatic heterocycles. The lowest BCUT2D eigenvalue weighted by Gasteiger charge is -2.12. The van der Waals surface area contributed by atoms with E-state index in [9.17, 15) is 0 Å². The van der Waals surface area contributed by atoms with Gasteiger partial charge in [0, 0.05) is 18.3 Å². The minimum absolute atomic E-state index is 0.464. The van der Waals surface area contributed by atoms with Crippen LogP contribution in [0.25, 0.3) is 0 Å². The van der Waals surface area contributed by atoms with Gasteiger partial charge in [0.05, 0.1) is 7.11 Å². The SMILES string of the molecule is CCc1ccc(Oc2cc(CN)cc(C)n2)c(OC)c1. The van der Waals surface area contributed by atoms with Crippen LogP contribution < -0.4 is 15.2 Å². The van der Waals surface area contributed by atoms with E-state index in [1.54, 1.807) is 7.11 Å². The molecule has 106 valence electrons. The van der Waals surface area contributed by atoms with E-state index in [0.29, 0.717) is 23.9 Å². The Bertz CT molecular complexity index is 597. The van der Waals surface area contributed by atoms with Crippen LogP contribution in [0, 0.1) is 6.92 Å². The molecule has 0 radical (unpaired) electrons. The first kappa shape index (κ1) is 14.3. The Balaban J connectivity index is 2.31. The number of hydrogen-bond acceptors (Lipinski definition) is 4. The molecule has 0 saturated carbocycles. The van der Waals surface area contributed by atoms with Gasteiger partial charge in [-0.2, -0.15) is 0 Å². The Morgan fingerprint density at radius 1 is 1.10 bits per heavy atom. The number of rotatable bonds is 5. The number of pyridine rings is 1. The van der Waals surface area contributed by atoms with Gasteiger partial charge in [0.25, 0.3) is 0 Å². The van der Waals surface area contributed by atoms with E-state index < -0.39 is 0 Å². The lowest BCUT2D eigenvalue weighted by Crippen LogP contribution is -2.00. The second-order valence-electron chi connectivity index (χ2n) is 4.60. The molecule has 0 aliphatic carbocycles. The van der Waals surface area contributed by atoms with Crippen molar-refractivity contribution in [1.29, 1.82) is 0 Å². The summed E-state index contributed by atoms with van der Waals surface area (Å²) in [4.78, 5) is 4.36. The molecule has 0 amide bonds. The zero-order valence-electron chi connectivity index (χ0n) is 12.1. The lowest BCUT2D eigenvalue weighted by atomic mass is 10.1. The summed E-state index contributed by atoms with van der Waals surface area (Å²) in [5.41, 5.74) is 8.75. The fraction of sp³-hybridized carbons (Fsp3) is 0.312. The summed E-state index contributed by atoms with van der Waals surface area (Å²) in [6.07, 6.45) is 0.955. The molecule has 0 aliphatic rings. The van der Waals surface area contributed by atoms with Gasteiger partial charge in [-0.3, -0.25) is 0 Å². The van der Waals surface area contributed by atoms with Crippen molar-refractivity contribution in [3.05, 3.63) is 47.2 Å². The van der Waals surface area contributed by atoms with Crippen LogP contribution in [-0.2, 0) is 13.0 Å². The molecule has 0 bridgehead atoms. The van der Waals surface area contributed by atoms with E-state index in [1.807, 2.05) is 37.3 Å². The summed E-state index contributed by atoms with van der Waals surface area (Å²) in [7, 11) is 1.64. The van der Waals surface area contributed by atoms with Gasteiger partial charge in [-0.1, -0.05) is 13.0 Å². The highest BCUT2D eigenvalue weighted by molar-refractivity contribution is 5.45. The molecular weight excluding hydrogens is 252 g/mol. The van der Waals surface area contributed by atoms with E-state index in [2.05, 4.69) is 11.9 Å². The average Bonchev–Trinajstić information content (AvgIpc) is 2.47. The molecule has 0 spiro atoms. The minimum atomic E-state index is 0.464. The van der Waals surface area contributed by atoms with Crippen LogP contribution in [-0.4, -0.2) is 12.1 Å². The molecule has 4 heteroatoms. The molecule has 2 N–H and O–H groups in total. The summed E-state index contributed by atoms with van der Waals surface area (Å²) in [6, 6.07) is 9.71. The number of nitrogens with two attached hydrogens (primary N) is 1. The Hall–Kier alpha value is -2.07. The number of hydrogen-bond donors (Lipinski definition) is 1. The van der Waals surface area contributed by atoms with Crippen LogP contribution in [0.1, 0.15) is 23.7 Å². The molecule has 1 aromatic carbocycles. The molecule has 0 fully saturated rings. The summed E-state index contributed by atoms with van der Waals surface area (Å²) in [6.45, 7) is 4.49. The summed E-state index contributed by atoms with van der Waals surface area (Å²) in [5.74, 6) is 1.90. The largest absolute Gasteiger partial charge is 0.493 e. The minimum Gasteiger partial charge on any atom is -0.493 e. The van der Waals surface area contributed by atoms with Crippen molar-refractivity contribution in [1.82, 2.24) is 4.98 Å². The Morgan fingerprint density at radius 2 is 1.90 bits per heavy atom. The summed E-state index contributed by atoms with van der Waals surface area (Å²) in [5, 5.41) is 0. The maximum atomic E-state index is 5.83. The van der Waals surface area contributed by atoms with Gasteiger partial charge in [-0.25, -0.2) is 4.98 Å². The molecule has 4 nitrogen and oxygen atoms in total. The van der Waals surface area contributed by atoms with Gasteiger partial charge >= 0.3 is 0 Å². The molecule has 2 rings (SSSR count). The molecule has 1 heterocycles. The number of ether oxygens (including phenoxy) is 2. The second-order valence-corrected chi connectivity index (χ2v) is 4.60. The average molecular weight is 272 g/mol. The van der Waals surface area contributed by atoms with Crippen molar-refractivity contribution in [2.24, 2.45) is 5.73 Å². The molecule has 20 heavy (non-hydrogen) atoms. The second kappa shape index (κ2) is 6.39. The highest BCUT2D eigenvalue weighted by Crippen LogP contribution is 2.32. The molecule has 0 saturated heterocycles. The van der Waals surface area contributed by atoms with Gasteiger partial charge in [0.15, 0.2) is 11.5 Å². The van der Waals surface area contributed by atoms with Crippen LogP contribution in [0.15, 0.2) is 30.3 Å². The van der Waals surface area contributed by atoms with Crippen LogP contribution in [0.5, 0.6) is 17.4 Å². The fourth-order valence-electron chi connectivity index (χ4n) is 2.01. The van der Waals surface area contributed by atoms with E-state index in [0.717, 1.165) is 17.7 Å². The predicted octanol–water partition coefficient (Wildman–Crippen LogP) is 3.21. The van der Waals surface area contributed by atoms with Crippen molar-refractivity contribution in [3.63, 3.8) is 0 Å². The van der Waals surface area contributed by atoms with Crippen molar-refractivity contribution in [2.45, 2.75) is 26.8 Å². The first-order chi connectivity index (χ1) is 9.66. The highest BCUT2D eigenvalue weighted by atomic mass is 16.5.